The molecule has 18 heavy (non-hydrogen) atoms. The van der Waals surface area contributed by atoms with Gasteiger partial charge < -0.3 is 0 Å². The van der Waals surface area contributed by atoms with Crippen molar-refractivity contribution in [1.29, 1.82) is 0 Å². The van der Waals surface area contributed by atoms with Gasteiger partial charge in [-0.25, -0.2) is 0 Å². The monoisotopic (exact) mass is 290 g/mol. The number of carbonyl (C=O) groups is 1. The molecule has 2 rings (SSSR count). The normalized spacial score (nSPS) is 11.6. The molecule has 0 aliphatic heterocycles. The van der Waals surface area contributed by atoms with Crippen LogP contribution in [-0.2, 0) is 6.18 Å². The Morgan fingerprint density at radius 3 is 2.17 bits per heavy atom. The second kappa shape index (κ2) is 4.74. The van der Waals surface area contributed by atoms with Crippen LogP contribution in [0.5, 0.6) is 0 Å². The Morgan fingerprint density at radius 1 is 1.06 bits per heavy atom. The molecule has 1 aromatic heterocycles. The van der Waals surface area contributed by atoms with E-state index in [1.807, 2.05) is 0 Å². The van der Waals surface area contributed by atoms with Crippen LogP contribution in [0.15, 0.2) is 36.4 Å². The predicted octanol–water partition coefficient (Wildman–Crippen LogP) is 4.65. The Balaban J connectivity index is 2.29. The summed E-state index contributed by atoms with van der Waals surface area (Å²) in [5, 5.41) is 0.466. The number of halogens is 4. The lowest BCUT2D eigenvalue weighted by atomic mass is 10.1. The van der Waals surface area contributed by atoms with Crippen molar-refractivity contribution >= 4 is 28.7 Å². The fourth-order valence-corrected chi connectivity index (χ4v) is 2.32. The van der Waals surface area contributed by atoms with Gasteiger partial charge in [-0.3, -0.25) is 4.79 Å². The highest BCUT2D eigenvalue weighted by molar-refractivity contribution is 7.14. The molecule has 6 heteroatoms. The Hall–Kier alpha value is -1.33. The summed E-state index contributed by atoms with van der Waals surface area (Å²) in [5.74, 6) is -0.438. The molecule has 0 aliphatic rings. The molecule has 0 saturated heterocycles. The first-order chi connectivity index (χ1) is 8.38. The van der Waals surface area contributed by atoms with Gasteiger partial charge >= 0.3 is 6.18 Å². The molecule has 0 spiro atoms. The van der Waals surface area contributed by atoms with E-state index in [4.69, 9.17) is 11.6 Å². The van der Waals surface area contributed by atoms with E-state index in [2.05, 4.69) is 0 Å². The minimum absolute atomic E-state index is 0.0599. The maximum atomic E-state index is 12.4. The average Bonchev–Trinajstić information content (AvgIpc) is 2.78. The van der Waals surface area contributed by atoms with Gasteiger partial charge in [-0.1, -0.05) is 11.6 Å². The average molecular weight is 291 g/mol. The van der Waals surface area contributed by atoms with Gasteiger partial charge in [0.25, 0.3) is 0 Å². The van der Waals surface area contributed by atoms with Crippen molar-refractivity contribution in [1.82, 2.24) is 0 Å². The van der Waals surface area contributed by atoms with Gasteiger partial charge in [-0.2, -0.15) is 13.2 Å². The van der Waals surface area contributed by atoms with Gasteiger partial charge in [0.2, 0.25) is 5.78 Å². The smallest absolute Gasteiger partial charge is 0.288 e. The summed E-state index contributed by atoms with van der Waals surface area (Å²) >= 11 is 6.11. The van der Waals surface area contributed by atoms with E-state index in [1.54, 1.807) is 0 Å². The number of thiophene rings is 1. The molecule has 0 radical (unpaired) electrons. The molecule has 0 amide bonds. The zero-order valence-electron chi connectivity index (χ0n) is 8.79. The maximum absolute atomic E-state index is 12.4. The van der Waals surface area contributed by atoms with Gasteiger partial charge in [0.05, 0.1) is 4.88 Å². The first-order valence-corrected chi connectivity index (χ1v) is 6.04. The predicted molar refractivity (Wildman–Crippen MR) is 64.2 cm³/mol. The lowest BCUT2D eigenvalue weighted by Gasteiger charge is -2.01. The van der Waals surface area contributed by atoms with Gasteiger partial charge in [0, 0.05) is 10.6 Å². The summed E-state index contributed by atoms with van der Waals surface area (Å²) in [4.78, 5) is 11.2. The van der Waals surface area contributed by atoms with Crippen LogP contribution in [0.25, 0.3) is 0 Å². The fourth-order valence-electron chi connectivity index (χ4n) is 1.36. The van der Waals surface area contributed by atoms with Crippen LogP contribution in [0.4, 0.5) is 13.2 Å². The van der Waals surface area contributed by atoms with E-state index in [0.717, 1.165) is 6.07 Å². The Kier molecular flexibility index (Phi) is 3.45. The van der Waals surface area contributed by atoms with Gasteiger partial charge in [-0.15, -0.1) is 11.3 Å². The molecule has 1 nitrogen and oxygen atoms in total. The Labute approximate surface area is 110 Å². The molecule has 0 atom stereocenters. The zero-order valence-corrected chi connectivity index (χ0v) is 10.4. The summed E-state index contributed by atoms with van der Waals surface area (Å²) in [5.41, 5.74) is 0.315. The zero-order chi connectivity index (χ0) is 13.3. The van der Waals surface area contributed by atoms with E-state index in [0.29, 0.717) is 21.9 Å². The van der Waals surface area contributed by atoms with Crippen LogP contribution >= 0.6 is 22.9 Å². The second-order valence-electron chi connectivity index (χ2n) is 3.50. The van der Waals surface area contributed by atoms with Crippen molar-refractivity contribution in [3.63, 3.8) is 0 Å². The van der Waals surface area contributed by atoms with Crippen LogP contribution in [0, 0.1) is 0 Å². The largest absolute Gasteiger partial charge is 0.425 e. The first-order valence-electron chi connectivity index (χ1n) is 4.85. The van der Waals surface area contributed by atoms with Crippen LogP contribution in [0.3, 0.4) is 0 Å². The van der Waals surface area contributed by atoms with Gasteiger partial charge in [0.1, 0.15) is 4.88 Å². The summed E-state index contributed by atoms with van der Waals surface area (Å²) in [7, 11) is 0. The third-order valence-corrected chi connectivity index (χ3v) is 3.60. The van der Waals surface area contributed by atoms with Crippen LogP contribution < -0.4 is 0 Å². The van der Waals surface area contributed by atoms with Crippen LogP contribution in [0.1, 0.15) is 20.1 Å². The Bertz CT molecular complexity index is 572. The molecule has 0 unspecified atom stereocenters. The second-order valence-corrected chi connectivity index (χ2v) is 5.02. The van der Waals surface area contributed by atoms with E-state index in [9.17, 15) is 18.0 Å². The van der Waals surface area contributed by atoms with E-state index < -0.39 is 16.8 Å². The molecular weight excluding hydrogens is 285 g/mol. The highest BCUT2D eigenvalue weighted by Crippen LogP contribution is 2.35. The van der Waals surface area contributed by atoms with Crippen molar-refractivity contribution in [3.05, 3.63) is 56.7 Å². The molecule has 94 valence electrons. The highest BCUT2D eigenvalue weighted by atomic mass is 35.5. The number of rotatable bonds is 2. The Morgan fingerprint density at radius 2 is 1.67 bits per heavy atom. The summed E-state index contributed by atoms with van der Waals surface area (Å²) < 4.78 is 37.2. The molecule has 0 aliphatic carbocycles. The number of hydrogen-bond donors (Lipinski definition) is 0. The standard InChI is InChI=1S/C12H6ClF3OS/c13-8-3-1-7(2-4-8)11(17)9-5-6-10(18-9)12(14,15)16/h1-6H. The molecule has 0 N–H and O–H groups in total. The molecule has 2 aromatic rings. The number of alkyl halides is 3. The topological polar surface area (TPSA) is 17.1 Å². The van der Waals surface area contributed by atoms with E-state index in [-0.39, 0.29) is 4.88 Å². The highest BCUT2D eigenvalue weighted by Gasteiger charge is 2.33. The van der Waals surface area contributed by atoms with E-state index in [1.165, 1.54) is 30.3 Å². The lowest BCUT2D eigenvalue weighted by molar-refractivity contribution is -0.134. The van der Waals surface area contributed by atoms with Crippen LogP contribution in [0.2, 0.25) is 5.02 Å². The number of ketones is 1. The minimum atomic E-state index is -4.41. The number of benzene rings is 1. The number of hydrogen-bond acceptors (Lipinski definition) is 2. The molecule has 1 heterocycles. The van der Waals surface area contributed by atoms with Gasteiger partial charge in [-0.05, 0) is 36.4 Å². The minimum Gasteiger partial charge on any atom is -0.288 e. The number of carbonyl (C=O) groups excluding carboxylic acids is 1. The van der Waals surface area contributed by atoms with Crippen LogP contribution in [-0.4, -0.2) is 5.78 Å². The van der Waals surface area contributed by atoms with Crippen molar-refractivity contribution < 1.29 is 18.0 Å². The van der Waals surface area contributed by atoms with Crippen molar-refractivity contribution in [2.45, 2.75) is 6.18 Å². The molecule has 0 fully saturated rings. The fraction of sp³-hybridized carbons (Fsp3) is 0.0833. The van der Waals surface area contributed by atoms with E-state index >= 15 is 0 Å². The first kappa shape index (κ1) is 13.1. The van der Waals surface area contributed by atoms with Crippen molar-refractivity contribution in [2.75, 3.05) is 0 Å². The summed E-state index contributed by atoms with van der Waals surface area (Å²) in [6, 6.07) is 8.10. The quantitative estimate of drug-likeness (QED) is 0.736. The summed E-state index contributed by atoms with van der Waals surface area (Å²) in [6.07, 6.45) is -4.41. The molecule has 0 saturated carbocycles. The maximum Gasteiger partial charge on any atom is 0.425 e. The third kappa shape index (κ3) is 2.73. The molecular formula is C12H6ClF3OS. The SMILES string of the molecule is O=C(c1ccc(Cl)cc1)c1ccc(C(F)(F)F)s1. The van der Waals surface area contributed by atoms with Crippen molar-refractivity contribution in [3.8, 4) is 0 Å². The molecule has 0 bridgehead atoms. The molecule has 1 aromatic carbocycles. The van der Waals surface area contributed by atoms with Crippen molar-refractivity contribution in [2.24, 2.45) is 0 Å². The summed E-state index contributed by atoms with van der Waals surface area (Å²) in [6.45, 7) is 0. The van der Waals surface area contributed by atoms with Gasteiger partial charge in [0.15, 0.2) is 0 Å². The third-order valence-electron chi connectivity index (χ3n) is 2.22. The lowest BCUT2D eigenvalue weighted by Crippen LogP contribution is -2.01.